The Morgan fingerprint density at radius 2 is 1.86 bits per heavy atom. The van der Waals surface area contributed by atoms with Crippen LogP contribution in [0.15, 0.2) is 67.1 Å². The van der Waals surface area contributed by atoms with Gasteiger partial charge >= 0.3 is 6.36 Å². The molecule has 1 heterocycles. The molecule has 0 aliphatic carbocycles. The molecule has 1 N–H and O–H groups in total. The van der Waals surface area contributed by atoms with Gasteiger partial charge in [0, 0.05) is 17.5 Å². The molecule has 0 aromatic heterocycles. The third-order valence-electron chi connectivity index (χ3n) is 4.12. The molecule has 3 rings (SSSR count). The fourth-order valence-electron chi connectivity index (χ4n) is 2.93. The Bertz CT molecular complexity index is 1000. The number of alkyl halides is 3. The van der Waals surface area contributed by atoms with Crippen molar-refractivity contribution in [3.05, 3.63) is 83.8 Å². The van der Waals surface area contributed by atoms with Gasteiger partial charge in [0.1, 0.15) is 11.5 Å². The summed E-state index contributed by atoms with van der Waals surface area (Å²) in [6, 6.07) is 12.2. The van der Waals surface area contributed by atoms with Gasteiger partial charge in [-0.2, -0.15) is 0 Å². The predicted molar refractivity (Wildman–Crippen MR) is 99.7 cm³/mol. The smallest absolute Gasteiger partial charge is 0.512 e. The summed E-state index contributed by atoms with van der Waals surface area (Å²) in [5, 5.41) is 10.1. The number of aliphatic hydroxyl groups is 1. The van der Waals surface area contributed by atoms with Crippen molar-refractivity contribution in [1.82, 2.24) is 4.90 Å². The number of aliphatic hydroxyl groups excluding tert-OH is 1. The standard InChI is InChI=1S/C21H16F3NO3/c1-13-18-9-4-3-6-15(18)10-11-25(13)20(27)19(14(2)26)16-7-5-8-17(12-16)28-21(22,23)24/h3-12,26H,1H2,2H3/b19-14+. The minimum atomic E-state index is -4.87. The molecule has 0 saturated carbocycles. The fourth-order valence-corrected chi connectivity index (χ4v) is 2.93. The summed E-state index contributed by atoms with van der Waals surface area (Å²) < 4.78 is 41.4. The van der Waals surface area contributed by atoms with E-state index in [1.54, 1.807) is 18.2 Å². The summed E-state index contributed by atoms with van der Waals surface area (Å²) in [7, 11) is 0. The van der Waals surface area contributed by atoms with E-state index >= 15 is 0 Å². The van der Waals surface area contributed by atoms with Crippen molar-refractivity contribution >= 4 is 23.3 Å². The first-order chi connectivity index (χ1) is 13.2. The number of hydrogen-bond acceptors (Lipinski definition) is 3. The third-order valence-corrected chi connectivity index (χ3v) is 4.12. The molecule has 0 unspecified atom stereocenters. The topological polar surface area (TPSA) is 49.8 Å². The van der Waals surface area contributed by atoms with Gasteiger partial charge in [-0.3, -0.25) is 9.69 Å². The molecular weight excluding hydrogens is 371 g/mol. The van der Waals surface area contributed by atoms with Gasteiger partial charge in [-0.1, -0.05) is 43.0 Å². The molecule has 7 heteroatoms. The number of ether oxygens (including phenoxy) is 1. The Labute approximate surface area is 159 Å². The second-order valence-corrected chi connectivity index (χ2v) is 6.06. The first-order valence-corrected chi connectivity index (χ1v) is 8.23. The molecule has 2 aromatic rings. The number of allylic oxidation sites excluding steroid dienone is 1. The van der Waals surface area contributed by atoms with Gasteiger partial charge in [0.25, 0.3) is 5.91 Å². The van der Waals surface area contributed by atoms with E-state index in [1.165, 1.54) is 30.2 Å². The molecule has 4 nitrogen and oxygen atoms in total. The molecule has 0 saturated heterocycles. The number of rotatable bonds is 3. The van der Waals surface area contributed by atoms with E-state index in [9.17, 15) is 23.1 Å². The van der Waals surface area contributed by atoms with Gasteiger partial charge in [0.15, 0.2) is 0 Å². The maximum atomic E-state index is 13.1. The lowest BCUT2D eigenvalue weighted by atomic mass is 9.98. The minimum Gasteiger partial charge on any atom is -0.512 e. The number of hydrogen-bond donors (Lipinski definition) is 1. The van der Waals surface area contributed by atoms with Crippen molar-refractivity contribution in [2.75, 3.05) is 0 Å². The highest BCUT2D eigenvalue weighted by Crippen LogP contribution is 2.33. The van der Waals surface area contributed by atoms with Crippen LogP contribution < -0.4 is 4.74 Å². The Morgan fingerprint density at radius 1 is 1.14 bits per heavy atom. The van der Waals surface area contributed by atoms with Gasteiger partial charge in [-0.15, -0.1) is 13.2 Å². The highest BCUT2D eigenvalue weighted by Gasteiger charge is 2.32. The van der Waals surface area contributed by atoms with Crippen molar-refractivity contribution in [2.24, 2.45) is 0 Å². The first kappa shape index (κ1) is 19.3. The SMILES string of the molecule is C=C1c2ccccc2C=CN1C(=O)/C(=C(\C)O)c1cccc(OC(F)(F)F)c1. The molecule has 1 aliphatic heterocycles. The molecule has 1 amide bonds. The largest absolute Gasteiger partial charge is 0.573 e. The zero-order chi connectivity index (χ0) is 20.5. The molecular formula is C21H16F3NO3. The molecule has 0 bridgehead atoms. The van der Waals surface area contributed by atoms with E-state index in [2.05, 4.69) is 11.3 Å². The van der Waals surface area contributed by atoms with Crippen LogP contribution >= 0.6 is 0 Å². The summed E-state index contributed by atoms with van der Waals surface area (Å²) in [5.41, 5.74) is 1.94. The Balaban J connectivity index is 1.97. The van der Waals surface area contributed by atoms with Crippen LogP contribution in [0.25, 0.3) is 17.3 Å². The van der Waals surface area contributed by atoms with Crippen LogP contribution in [0.2, 0.25) is 0 Å². The number of fused-ring (bicyclic) bond motifs is 1. The molecule has 0 radical (unpaired) electrons. The second kappa shape index (κ2) is 7.26. The number of benzene rings is 2. The van der Waals surface area contributed by atoms with Gasteiger partial charge in [0.05, 0.1) is 5.57 Å². The molecule has 28 heavy (non-hydrogen) atoms. The molecule has 0 fully saturated rings. The summed E-state index contributed by atoms with van der Waals surface area (Å²) in [6.07, 6.45) is -1.64. The average Bonchev–Trinajstić information content (AvgIpc) is 2.61. The van der Waals surface area contributed by atoms with E-state index < -0.39 is 18.0 Å². The minimum absolute atomic E-state index is 0.0896. The fraction of sp³-hybridized carbons (Fsp3) is 0.0952. The Hall–Kier alpha value is -3.48. The monoisotopic (exact) mass is 387 g/mol. The number of halogens is 3. The van der Waals surface area contributed by atoms with Crippen LogP contribution in [0.1, 0.15) is 23.6 Å². The Kier molecular flexibility index (Phi) is 5.00. The normalized spacial score (nSPS) is 14.4. The maximum absolute atomic E-state index is 13.1. The van der Waals surface area contributed by atoms with Crippen molar-refractivity contribution in [1.29, 1.82) is 0 Å². The van der Waals surface area contributed by atoms with E-state index in [0.29, 0.717) is 5.70 Å². The Morgan fingerprint density at radius 3 is 2.54 bits per heavy atom. The number of amides is 1. The maximum Gasteiger partial charge on any atom is 0.573 e. The van der Waals surface area contributed by atoms with Crippen LogP contribution in [0.3, 0.4) is 0 Å². The third kappa shape index (κ3) is 3.93. The van der Waals surface area contributed by atoms with E-state index in [-0.39, 0.29) is 16.9 Å². The molecule has 0 spiro atoms. The molecule has 1 aliphatic rings. The summed E-state index contributed by atoms with van der Waals surface area (Å²) in [4.78, 5) is 14.3. The van der Waals surface area contributed by atoms with Crippen molar-refractivity contribution in [3.8, 4) is 5.75 Å². The van der Waals surface area contributed by atoms with Crippen molar-refractivity contribution in [2.45, 2.75) is 13.3 Å². The zero-order valence-corrected chi connectivity index (χ0v) is 14.8. The van der Waals surface area contributed by atoms with Crippen LogP contribution in [0, 0.1) is 0 Å². The lowest BCUT2D eigenvalue weighted by molar-refractivity contribution is -0.274. The second-order valence-electron chi connectivity index (χ2n) is 6.06. The summed E-state index contributed by atoms with van der Waals surface area (Å²) in [5.74, 6) is -1.45. The van der Waals surface area contributed by atoms with Crippen LogP contribution in [-0.2, 0) is 4.79 Å². The van der Waals surface area contributed by atoms with Crippen LogP contribution in [0.5, 0.6) is 5.75 Å². The van der Waals surface area contributed by atoms with Crippen molar-refractivity contribution in [3.63, 3.8) is 0 Å². The lowest BCUT2D eigenvalue weighted by Crippen LogP contribution is -2.27. The van der Waals surface area contributed by atoms with Gasteiger partial charge in [0.2, 0.25) is 0 Å². The van der Waals surface area contributed by atoms with Gasteiger partial charge in [-0.25, -0.2) is 0 Å². The summed E-state index contributed by atoms with van der Waals surface area (Å²) in [6.45, 7) is 5.22. The molecule has 2 aromatic carbocycles. The predicted octanol–water partition coefficient (Wildman–Crippen LogP) is 5.36. The highest BCUT2D eigenvalue weighted by molar-refractivity contribution is 6.22. The quantitative estimate of drug-likeness (QED) is 0.570. The lowest BCUT2D eigenvalue weighted by Gasteiger charge is -2.27. The van der Waals surface area contributed by atoms with E-state index in [0.717, 1.165) is 23.3 Å². The highest BCUT2D eigenvalue weighted by atomic mass is 19.4. The number of nitrogens with zero attached hydrogens (tertiary/aromatic N) is 1. The average molecular weight is 387 g/mol. The van der Waals surface area contributed by atoms with Gasteiger partial charge < -0.3 is 9.84 Å². The number of carbonyl (C=O) groups excluding carboxylic acids is 1. The van der Waals surface area contributed by atoms with E-state index in [1.807, 2.05) is 12.1 Å². The van der Waals surface area contributed by atoms with Crippen LogP contribution in [0.4, 0.5) is 13.2 Å². The molecule has 0 atom stereocenters. The number of carbonyl (C=O) groups is 1. The molecule has 144 valence electrons. The first-order valence-electron chi connectivity index (χ1n) is 8.23. The zero-order valence-electron chi connectivity index (χ0n) is 14.8. The van der Waals surface area contributed by atoms with E-state index in [4.69, 9.17) is 0 Å². The van der Waals surface area contributed by atoms with Gasteiger partial charge in [-0.05, 0) is 36.3 Å². The van der Waals surface area contributed by atoms with Crippen LogP contribution in [-0.4, -0.2) is 22.3 Å². The van der Waals surface area contributed by atoms with Crippen molar-refractivity contribution < 1.29 is 27.8 Å². The summed E-state index contributed by atoms with van der Waals surface area (Å²) >= 11 is 0.